The number of nitrogens with zero attached hydrogens (tertiary/aromatic N) is 1. The zero-order chi connectivity index (χ0) is 15.7. The lowest BCUT2D eigenvalue weighted by Crippen LogP contribution is -2.33. The third kappa shape index (κ3) is 5.41. The second-order valence-corrected chi connectivity index (χ2v) is 7.23. The van der Waals surface area contributed by atoms with Gasteiger partial charge in [-0.3, -0.25) is 0 Å². The normalized spacial score (nSPS) is 12.0. The van der Waals surface area contributed by atoms with Crippen molar-refractivity contribution in [2.45, 2.75) is 51.0 Å². The summed E-state index contributed by atoms with van der Waals surface area (Å²) in [5, 5.41) is 3.05. The van der Waals surface area contributed by atoms with Crippen LogP contribution in [0.25, 0.3) is 0 Å². The van der Waals surface area contributed by atoms with Crippen molar-refractivity contribution in [3.63, 3.8) is 0 Å². The van der Waals surface area contributed by atoms with Crippen LogP contribution in [0.15, 0.2) is 29.2 Å². The first-order valence-electron chi connectivity index (χ1n) is 7.80. The smallest absolute Gasteiger partial charge is 0.243 e. The Morgan fingerprint density at radius 2 is 1.71 bits per heavy atom. The van der Waals surface area contributed by atoms with Gasteiger partial charge in [-0.1, -0.05) is 38.8 Å². The van der Waals surface area contributed by atoms with E-state index in [1.54, 1.807) is 16.4 Å². The van der Waals surface area contributed by atoms with Gasteiger partial charge in [0.1, 0.15) is 0 Å². The Balaban J connectivity index is 3.00. The number of benzene rings is 1. The summed E-state index contributed by atoms with van der Waals surface area (Å²) in [6.07, 6.45) is 3.80. The fourth-order valence-electron chi connectivity index (χ4n) is 2.19. The standard InChI is InChI=1S/C16H28N2O2S/c1-4-6-11-18(12-7-5-2)21(19,20)16-10-8-9-15(13-16)14-17-3/h8-10,13,17H,4-7,11-12,14H2,1-3H3. The Morgan fingerprint density at radius 1 is 1.10 bits per heavy atom. The molecule has 0 radical (unpaired) electrons. The summed E-state index contributed by atoms with van der Waals surface area (Å²) in [5.41, 5.74) is 0.990. The third-order valence-electron chi connectivity index (χ3n) is 3.44. The van der Waals surface area contributed by atoms with Crippen LogP contribution in [-0.2, 0) is 16.6 Å². The van der Waals surface area contributed by atoms with Crippen LogP contribution in [0.1, 0.15) is 45.1 Å². The molecule has 1 N–H and O–H groups in total. The van der Waals surface area contributed by atoms with Crippen molar-refractivity contribution in [3.8, 4) is 0 Å². The molecule has 0 spiro atoms. The Morgan fingerprint density at radius 3 is 2.24 bits per heavy atom. The minimum absolute atomic E-state index is 0.405. The van der Waals surface area contributed by atoms with Gasteiger partial charge in [-0.25, -0.2) is 8.42 Å². The van der Waals surface area contributed by atoms with Gasteiger partial charge < -0.3 is 5.32 Å². The summed E-state index contributed by atoms with van der Waals surface area (Å²) in [6.45, 7) is 6.05. The van der Waals surface area contributed by atoms with E-state index < -0.39 is 10.0 Å². The van der Waals surface area contributed by atoms with Gasteiger partial charge in [0.05, 0.1) is 4.90 Å². The zero-order valence-electron chi connectivity index (χ0n) is 13.4. The minimum Gasteiger partial charge on any atom is -0.316 e. The summed E-state index contributed by atoms with van der Waals surface area (Å²) in [7, 11) is -1.52. The van der Waals surface area contributed by atoms with Crippen LogP contribution in [0, 0.1) is 0 Å². The molecule has 0 aliphatic heterocycles. The van der Waals surface area contributed by atoms with Gasteiger partial charge in [-0.15, -0.1) is 0 Å². The molecule has 0 saturated carbocycles. The second-order valence-electron chi connectivity index (χ2n) is 5.29. The average molecular weight is 312 g/mol. The van der Waals surface area contributed by atoms with E-state index in [-0.39, 0.29) is 0 Å². The van der Waals surface area contributed by atoms with E-state index in [0.29, 0.717) is 24.5 Å². The lowest BCUT2D eigenvalue weighted by atomic mass is 10.2. The van der Waals surface area contributed by atoms with E-state index in [2.05, 4.69) is 19.2 Å². The number of unbranched alkanes of at least 4 members (excludes halogenated alkanes) is 2. The molecule has 1 aromatic carbocycles. The molecule has 0 aliphatic rings. The van der Waals surface area contributed by atoms with Gasteiger partial charge in [0, 0.05) is 19.6 Å². The predicted molar refractivity (Wildman–Crippen MR) is 87.8 cm³/mol. The molecule has 1 rings (SSSR count). The van der Waals surface area contributed by atoms with Gasteiger partial charge in [-0.05, 0) is 37.6 Å². The molecule has 120 valence electrons. The predicted octanol–water partition coefficient (Wildman–Crippen LogP) is 3.00. The van der Waals surface area contributed by atoms with Crippen molar-refractivity contribution in [1.29, 1.82) is 0 Å². The topological polar surface area (TPSA) is 49.4 Å². The first-order chi connectivity index (χ1) is 10.1. The lowest BCUT2D eigenvalue weighted by molar-refractivity contribution is 0.395. The summed E-state index contributed by atoms with van der Waals surface area (Å²) >= 11 is 0. The largest absolute Gasteiger partial charge is 0.316 e. The Labute approximate surface area is 129 Å². The van der Waals surface area contributed by atoms with E-state index in [0.717, 1.165) is 31.2 Å². The zero-order valence-corrected chi connectivity index (χ0v) is 14.2. The SMILES string of the molecule is CCCCN(CCCC)S(=O)(=O)c1cccc(CNC)c1. The highest BCUT2D eigenvalue weighted by Crippen LogP contribution is 2.18. The van der Waals surface area contributed by atoms with E-state index in [1.807, 2.05) is 19.2 Å². The van der Waals surface area contributed by atoms with E-state index in [1.165, 1.54) is 0 Å². The summed E-state index contributed by atoms with van der Waals surface area (Å²) in [5.74, 6) is 0. The van der Waals surface area contributed by atoms with Crippen molar-refractivity contribution in [1.82, 2.24) is 9.62 Å². The highest BCUT2D eigenvalue weighted by Gasteiger charge is 2.23. The van der Waals surface area contributed by atoms with Gasteiger partial charge in [-0.2, -0.15) is 4.31 Å². The first-order valence-corrected chi connectivity index (χ1v) is 9.24. The van der Waals surface area contributed by atoms with E-state index in [9.17, 15) is 8.42 Å². The number of hydrogen-bond donors (Lipinski definition) is 1. The van der Waals surface area contributed by atoms with Crippen LogP contribution in [0.2, 0.25) is 0 Å². The highest BCUT2D eigenvalue weighted by molar-refractivity contribution is 7.89. The maximum absolute atomic E-state index is 12.8. The number of nitrogens with one attached hydrogen (secondary N) is 1. The average Bonchev–Trinajstić information content (AvgIpc) is 2.48. The maximum atomic E-state index is 12.8. The third-order valence-corrected chi connectivity index (χ3v) is 5.33. The molecule has 0 amide bonds. The fraction of sp³-hybridized carbons (Fsp3) is 0.625. The fourth-order valence-corrected chi connectivity index (χ4v) is 3.78. The van der Waals surface area contributed by atoms with Crippen molar-refractivity contribution in [2.24, 2.45) is 0 Å². The maximum Gasteiger partial charge on any atom is 0.243 e. The molecule has 0 heterocycles. The van der Waals surface area contributed by atoms with Crippen LogP contribution >= 0.6 is 0 Å². The van der Waals surface area contributed by atoms with Crippen molar-refractivity contribution in [3.05, 3.63) is 29.8 Å². The molecule has 0 unspecified atom stereocenters. The quantitative estimate of drug-likeness (QED) is 0.722. The molecule has 1 aromatic rings. The second kappa shape index (κ2) is 9.18. The summed E-state index contributed by atoms with van der Waals surface area (Å²) in [6, 6.07) is 7.23. The molecule has 0 aliphatic carbocycles. The van der Waals surface area contributed by atoms with Gasteiger partial charge in [0.2, 0.25) is 10.0 Å². The Hall–Kier alpha value is -0.910. The van der Waals surface area contributed by atoms with Crippen LogP contribution in [0.5, 0.6) is 0 Å². The molecule has 0 atom stereocenters. The monoisotopic (exact) mass is 312 g/mol. The molecule has 0 bridgehead atoms. The molecule has 0 fully saturated rings. The number of sulfonamides is 1. The van der Waals surface area contributed by atoms with Crippen molar-refractivity contribution in [2.75, 3.05) is 20.1 Å². The van der Waals surface area contributed by atoms with Crippen molar-refractivity contribution >= 4 is 10.0 Å². The van der Waals surface area contributed by atoms with E-state index >= 15 is 0 Å². The van der Waals surface area contributed by atoms with Crippen LogP contribution in [0.3, 0.4) is 0 Å². The summed E-state index contributed by atoms with van der Waals surface area (Å²) in [4.78, 5) is 0.405. The van der Waals surface area contributed by atoms with Gasteiger partial charge >= 0.3 is 0 Å². The Kier molecular flexibility index (Phi) is 7.93. The van der Waals surface area contributed by atoms with E-state index in [4.69, 9.17) is 0 Å². The van der Waals surface area contributed by atoms with Gasteiger partial charge in [0.25, 0.3) is 0 Å². The number of hydrogen-bond acceptors (Lipinski definition) is 3. The van der Waals surface area contributed by atoms with Crippen LogP contribution in [-0.4, -0.2) is 32.9 Å². The molecule has 5 heteroatoms. The lowest BCUT2D eigenvalue weighted by Gasteiger charge is -2.22. The molecule has 0 saturated heterocycles. The first kappa shape index (κ1) is 18.1. The van der Waals surface area contributed by atoms with Crippen LogP contribution in [0.4, 0.5) is 0 Å². The van der Waals surface area contributed by atoms with Crippen molar-refractivity contribution < 1.29 is 8.42 Å². The highest BCUT2D eigenvalue weighted by atomic mass is 32.2. The molecular formula is C16H28N2O2S. The van der Waals surface area contributed by atoms with Crippen LogP contribution < -0.4 is 5.32 Å². The van der Waals surface area contributed by atoms with Gasteiger partial charge in [0.15, 0.2) is 0 Å². The number of rotatable bonds is 10. The molecule has 0 aromatic heterocycles. The Bertz CT molecular complexity index is 507. The molecule has 4 nitrogen and oxygen atoms in total. The summed E-state index contributed by atoms with van der Waals surface area (Å²) < 4.78 is 27.2. The molecular weight excluding hydrogens is 284 g/mol. The molecule has 21 heavy (non-hydrogen) atoms. The minimum atomic E-state index is -3.38.